The van der Waals surface area contributed by atoms with Crippen LogP contribution in [-0.4, -0.2) is 51.8 Å². The van der Waals surface area contributed by atoms with Crippen LogP contribution in [0.4, 0.5) is 13.2 Å². The third-order valence-electron chi connectivity index (χ3n) is 6.83. The van der Waals surface area contributed by atoms with Gasteiger partial charge >= 0.3 is 6.18 Å². The normalized spacial score (nSPS) is 14.5. The fourth-order valence-corrected chi connectivity index (χ4v) is 5.21. The Labute approximate surface area is 250 Å². The van der Waals surface area contributed by atoms with Crippen LogP contribution in [0.3, 0.4) is 0 Å². The summed E-state index contributed by atoms with van der Waals surface area (Å²) in [4.78, 5) is 8.49. The van der Waals surface area contributed by atoms with E-state index in [4.69, 9.17) is 48.5 Å². The average Bonchev–Trinajstić information content (AvgIpc) is 3.50. The van der Waals surface area contributed by atoms with Crippen molar-refractivity contribution in [3.05, 3.63) is 51.2 Å². The average molecular weight is 652 g/mol. The highest BCUT2D eigenvalue weighted by molar-refractivity contribution is 6.74. The third kappa shape index (κ3) is 7.00. The van der Waals surface area contributed by atoms with E-state index in [1.807, 2.05) is 0 Å². The van der Waals surface area contributed by atoms with Crippen LogP contribution in [0.5, 0.6) is 5.75 Å². The number of nitrogens with zero attached hydrogens (tertiary/aromatic N) is 4. The summed E-state index contributed by atoms with van der Waals surface area (Å²) >= 11 is 18.9. The maximum atomic E-state index is 13.2. The Hall–Kier alpha value is -2.35. The van der Waals surface area contributed by atoms with E-state index in [2.05, 4.69) is 49.0 Å². The SMILES string of the molecule is CC(O)(COc1cc(Cl)c(-c2noc(-c3cn4cc(C(F)(F)F)cc(Cl)c4n3)n2)cc1Cl)CO[Si](C)(C)C(C)(C)C. The number of fused-ring (bicyclic) bond motifs is 1. The fourth-order valence-electron chi connectivity index (χ4n) is 3.39. The van der Waals surface area contributed by atoms with Crippen molar-refractivity contribution in [3.8, 4) is 28.7 Å². The second kappa shape index (κ2) is 11.0. The molecule has 1 unspecified atom stereocenters. The van der Waals surface area contributed by atoms with Crippen LogP contribution in [0, 0.1) is 0 Å². The van der Waals surface area contributed by atoms with E-state index in [-0.39, 0.29) is 62.1 Å². The molecule has 41 heavy (non-hydrogen) atoms. The maximum absolute atomic E-state index is 13.2. The number of benzene rings is 1. The van der Waals surface area contributed by atoms with E-state index < -0.39 is 25.7 Å². The molecular formula is C26H28Cl3F3N4O4Si. The van der Waals surface area contributed by atoms with Crippen molar-refractivity contribution >= 4 is 48.8 Å². The quantitative estimate of drug-likeness (QED) is 0.192. The van der Waals surface area contributed by atoms with Crippen LogP contribution < -0.4 is 4.74 Å². The molecule has 3 heterocycles. The fraction of sp³-hybridized carbons (Fsp3) is 0.423. The second-order valence-electron chi connectivity index (χ2n) is 11.5. The van der Waals surface area contributed by atoms with Gasteiger partial charge in [-0.2, -0.15) is 18.2 Å². The molecule has 0 radical (unpaired) electrons. The summed E-state index contributed by atoms with van der Waals surface area (Å²) in [5, 5.41) is 14.9. The third-order valence-corrected chi connectivity index (χ3v) is 12.2. The summed E-state index contributed by atoms with van der Waals surface area (Å²) in [5.74, 6) is 0.221. The summed E-state index contributed by atoms with van der Waals surface area (Å²) < 4.78 is 57.8. The summed E-state index contributed by atoms with van der Waals surface area (Å²) in [5.41, 5.74) is -1.71. The topological polar surface area (TPSA) is 94.9 Å². The molecule has 0 bridgehead atoms. The van der Waals surface area contributed by atoms with Gasteiger partial charge in [-0.3, -0.25) is 0 Å². The van der Waals surface area contributed by atoms with Gasteiger partial charge in [-0.15, -0.1) is 0 Å². The first-order valence-corrected chi connectivity index (χ1v) is 16.4. The van der Waals surface area contributed by atoms with Crippen molar-refractivity contribution < 1.29 is 32.0 Å². The first-order chi connectivity index (χ1) is 18.8. The lowest BCUT2D eigenvalue weighted by Crippen LogP contribution is -2.47. The van der Waals surface area contributed by atoms with E-state index in [0.29, 0.717) is 5.56 Å². The number of pyridine rings is 1. The Morgan fingerprint density at radius 1 is 0.951 bits per heavy atom. The molecule has 3 aromatic heterocycles. The monoisotopic (exact) mass is 650 g/mol. The Bertz CT molecular complexity index is 1580. The molecule has 0 aliphatic carbocycles. The van der Waals surface area contributed by atoms with E-state index in [1.54, 1.807) is 6.92 Å². The van der Waals surface area contributed by atoms with Crippen molar-refractivity contribution in [1.29, 1.82) is 0 Å². The van der Waals surface area contributed by atoms with Crippen molar-refractivity contribution in [2.75, 3.05) is 13.2 Å². The molecule has 0 aliphatic rings. The van der Waals surface area contributed by atoms with Crippen molar-refractivity contribution in [2.45, 2.75) is 57.6 Å². The number of aliphatic hydroxyl groups is 1. The lowest BCUT2D eigenvalue weighted by atomic mass is 10.1. The number of aromatic nitrogens is 4. The standard InChI is InChI=1S/C26H28Cl3F3N4O4Si/c1-24(2,3)41(5,6)39-13-25(4,37)12-38-20-9-16(27)15(8-17(20)28)21-34-23(40-35-21)19-11-36-10-14(26(30,31)32)7-18(29)22(36)33-19/h7-11,37H,12-13H2,1-6H3. The van der Waals surface area contributed by atoms with E-state index in [9.17, 15) is 18.3 Å². The summed E-state index contributed by atoms with van der Waals surface area (Å²) in [6, 6.07) is 3.73. The molecule has 1 atom stereocenters. The zero-order valence-corrected chi connectivity index (χ0v) is 26.3. The molecular weight excluding hydrogens is 624 g/mol. The smallest absolute Gasteiger partial charge is 0.417 e. The lowest BCUT2D eigenvalue weighted by molar-refractivity contribution is -0.137. The van der Waals surface area contributed by atoms with Crippen LogP contribution >= 0.6 is 34.8 Å². The van der Waals surface area contributed by atoms with Gasteiger partial charge in [-0.05, 0) is 37.2 Å². The van der Waals surface area contributed by atoms with Gasteiger partial charge in [0.15, 0.2) is 14.0 Å². The minimum atomic E-state index is -4.58. The van der Waals surface area contributed by atoms with Crippen LogP contribution in [0.15, 0.2) is 35.1 Å². The van der Waals surface area contributed by atoms with E-state index >= 15 is 0 Å². The first kappa shape index (κ1) is 31.6. The zero-order chi connectivity index (χ0) is 30.5. The molecule has 4 rings (SSSR count). The minimum Gasteiger partial charge on any atom is -0.489 e. The maximum Gasteiger partial charge on any atom is 0.417 e. The highest BCUT2D eigenvalue weighted by atomic mass is 35.5. The summed E-state index contributed by atoms with van der Waals surface area (Å²) in [6.45, 7) is 12.1. The molecule has 0 amide bonds. The molecule has 0 saturated heterocycles. The summed E-state index contributed by atoms with van der Waals surface area (Å²) in [6.07, 6.45) is -2.43. The number of imidazole rings is 1. The van der Waals surface area contributed by atoms with Gasteiger partial charge in [0.1, 0.15) is 23.7 Å². The molecule has 1 aromatic carbocycles. The highest BCUT2D eigenvalue weighted by Crippen LogP contribution is 2.39. The molecule has 15 heteroatoms. The van der Waals surface area contributed by atoms with Gasteiger partial charge in [0.25, 0.3) is 5.89 Å². The number of hydrogen-bond acceptors (Lipinski definition) is 7. The Morgan fingerprint density at radius 2 is 1.63 bits per heavy atom. The molecule has 0 saturated carbocycles. The van der Waals surface area contributed by atoms with Crippen LogP contribution in [0.25, 0.3) is 28.6 Å². The second-order valence-corrected chi connectivity index (χ2v) is 17.5. The number of hydrogen-bond donors (Lipinski definition) is 1. The van der Waals surface area contributed by atoms with Crippen LogP contribution in [0.2, 0.25) is 33.2 Å². The van der Waals surface area contributed by atoms with Gasteiger partial charge in [0.05, 0.1) is 27.2 Å². The van der Waals surface area contributed by atoms with Crippen molar-refractivity contribution in [3.63, 3.8) is 0 Å². The van der Waals surface area contributed by atoms with Gasteiger partial charge in [-0.1, -0.05) is 60.7 Å². The number of halogens is 6. The zero-order valence-electron chi connectivity index (χ0n) is 23.0. The predicted molar refractivity (Wildman–Crippen MR) is 153 cm³/mol. The van der Waals surface area contributed by atoms with Gasteiger partial charge in [0.2, 0.25) is 5.82 Å². The van der Waals surface area contributed by atoms with Crippen molar-refractivity contribution in [1.82, 2.24) is 19.5 Å². The van der Waals surface area contributed by atoms with E-state index in [1.165, 1.54) is 18.3 Å². The first-order valence-electron chi connectivity index (χ1n) is 12.4. The number of rotatable bonds is 8. The molecule has 0 spiro atoms. The Morgan fingerprint density at radius 3 is 2.27 bits per heavy atom. The molecule has 8 nitrogen and oxygen atoms in total. The number of alkyl halides is 3. The lowest BCUT2D eigenvalue weighted by Gasteiger charge is -2.38. The molecule has 1 N–H and O–H groups in total. The highest BCUT2D eigenvalue weighted by Gasteiger charge is 2.39. The Kier molecular flexibility index (Phi) is 8.51. The van der Waals surface area contributed by atoms with Gasteiger partial charge in [-0.25, -0.2) is 4.98 Å². The van der Waals surface area contributed by atoms with Crippen LogP contribution in [0.1, 0.15) is 33.3 Å². The molecule has 4 aromatic rings. The van der Waals surface area contributed by atoms with E-state index in [0.717, 1.165) is 16.7 Å². The van der Waals surface area contributed by atoms with Gasteiger partial charge < -0.3 is 23.2 Å². The largest absolute Gasteiger partial charge is 0.489 e. The van der Waals surface area contributed by atoms with Gasteiger partial charge in [0, 0.05) is 24.0 Å². The number of ether oxygens (including phenoxy) is 1. The minimum absolute atomic E-state index is 0.0134. The Balaban J connectivity index is 1.51. The molecule has 0 fully saturated rings. The molecule has 222 valence electrons. The van der Waals surface area contributed by atoms with Crippen LogP contribution in [-0.2, 0) is 10.6 Å². The molecule has 0 aliphatic heterocycles. The predicted octanol–water partition coefficient (Wildman–Crippen LogP) is 8.18. The van der Waals surface area contributed by atoms with Crippen molar-refractivity contribution in [2.24, 2.45) is 0 Å². The summed E-state index contributed by atoms with van der Waals surface area (Å²) in [7, 11) is -2.08.